The summed E-state index contributed by atoms with van der Waals surface area (Å²) < 4.78 is 27.3. The standard InChI is InChI=1S/C25H24O8/c1-3-12-30-24(27)16-6-8-17(9-7-16)32-23-15(2)31-21-14-18(10-11-19(21)22(23)26)33-25(28)20-5-4-13-29-20/h6-11,14,20H,3-5,12-13H2,1-2H3. The third kappa shape index (κ3) is 5.06. The second-order valence-corrected chi connectivity index (χ2v) is 7.66. The summed E-state index contributed by atoms with van der Waals surface area (Å²) in [5.41, 5.74) is 0.303. The van der Waals surface area contributed by atoms with Crippen molar-refractivity contribution in [2.45, 2.75) is 39.2 Å². The molecule has 0 radical (unpaired) electrons. The molecule has 1 saturated heterocycles. The van der Waals surface area contributed by atoms with Gasteiger partial charge < -0.3 is 23.4 Å². The molecule has 1 fully saturated rings. The van der Waals surface area contributed by atoms with Crippen molar-refractivity contribution in [2.24, 2.45) is 0 Å². The maximum absolute atomic E-state index is 13.0. The van der Waals surface area contributed by atoms with Gasteiger partial charge >= 0.3 is 11.9 Å². The van der Waals surface area contributed by atoms with E-state index in [1.807, 2.05) is 6.92 Å². The van der Waals surface area contributed by atoms with Gasteiger partial charge in [0.1, 0.15) is 22.8 Å². The summed E-state index contributed by atoms with van der Waals surface area (Å²) in [6.45, 7) is 4.42. The van der Waals surface area contributed by atoms with Crippen molar-refractivity contribution in [2.75, 3.05) is 13.2 Å². The van der Waals surface area contributed by atoms with Crippen LogP contribution in [0, 0.1) is 6.92 Å². The first-order valence-corrected chi connectivity index (χ1v) is 10.8. The minimum absolute atomic E-state index is 0.0351. The summed E-state index contributed by atoms with van der Waals surface area (Å²) in [6.07, 6.45) is 1.62. The highest BCUT2D eigenvalue weighted by molar-refractivity contribution is 5.89. The zero-order valence-corrected chi connectivity index (χ0v) is 18.4. The quantitative estimate of drug-likeness (QED) is 0.380. The molecule has 0 saturated carbocycles. The van der Waals surface area contributed by atoms with Crippen LogP contribution < -0.4 is 14.9 Å². The van der Waals surface area contributed by atoms with Gasteiger partial charge in [-0.2, -0.15) is 0 Å². The van der Waals surface area contributed by atoms with E-state index in [1.54, 1.807) is 31.2 Å². The zero-order valence-electron chi connectivity index (χ0n) is 18.4. The van der Waals surface area contributed by atoms with Crippen LogP contribution in [0.1, 0.15) is 42.3 Å². The third-order valence-electron chi connectivity index (χ3n) is 5.14. The van der Waals surface area contributed by atoms with Crippen molar-refractivity contribution in [3.05, 3.63) is 64.0 Å². The lowest BCUT2D eigenvalue weighted by molar-refractivity contribution is -0.144. The summed E-state index contributed by atoms with van der Waals surface area (Å²) in [7, 11) is 0. The Morgan fingerprint density at radius 1 is 1.09 bits per heavy atom. The Bertz CT molecular complexity index is 1220. The third-order valence-corrected chi connectivity index (χ3v) is 5.14. The first-order valence-electron chi connectivity index (χ1n) is 10.8. The summed E-state index contributed by atoms with van der Waals surface area (Å²) in [6, 6.07) is 10.9. The number of carbonyl (C=O) groups is 2. The average molecular weight is 452 g/mol. The minimum atomic E-state index is -0.565. The van der Waals surface area contributed by atoms with Crippen LogP contribution in [0.25, 0.3) is 11.0 Å². The predicted molar refractivity (Wildman–Crippen MR) is 119 cm³/mol. The van der Waals surface area contributed by atoms with Crippen molar-refractivity contribution < 1.29 is 33.0 Å². The highest BCUT2D eigenvalue weighted by Crippen LogP contribution is 2.28. The number of fused-ring (bicyclic) bond motifs is 1. The molecule has 0 N–H and O–H groups in total. The van der Waals surface area contributed by atoms with Crippen LogP contribution in [-0.4, -0.2) is 31.3 Å². The largest absolute Gasteiger partial charge is 0.462 e. The average Bonchev–Trinajstić information content (AvgIpc) is 3.36. The molecule has 2 heterocycles. The van der Waals surface area contributed by atoms with Crippen LogP contribution in [-0.2, 0) is 14.3 Å². The lowest BCUT2D eigenvalue weighted by Gasteiger charge is -2.11. The highest BCUT2D eigenvalue weighted by atomic mass is 16.6. The molecular formula is C25H24O8. The van der Waals surface area contributed by atoms with Gasteiger partial charge in [0, 0.05) is 12.7 Å². The lowest BCUT2D eigenvalue weighted by Crippen LogP contribution is -2.24. The summed E-state index contributed by atoms with van der Waals surface area (Å²) in [5, 5.41) is 0.285. The van der Waals surface area contributed by atoms with Gasteiger partial charge in [-0.3, -0.25) is 4.79 Å². The molecule has 0 amide bonds. The van der Waals surface area contributed by atoms with E-state index in [1.165, 1.54) is 18.2 Å². The number of aryl methyl sites for hydroxylation is 1. The van der Waals surface area contributed by atoms with Crippen molar-refractivity contribution in [1.82, 2.24) is 0 Å². The topological polar surface area (TPSA) is 101 Å². The molecule has 3 aromatic rings. The lowest BCUT2D eigenvalue weighted by atomic mass is 10.2. The van der Waals surface area contributed by atoms with Gasteiger partial charge in [0.25, 0.3) is 0 Å². The van der Waals surface area contributed by atoms with Crippen molar-refractivity contribution in [3.8, 4) is 17.2 Å². The van der Waals surface area contributed by atoms with E-state index in [0.717, 1.165) is 12.8 Å². The Morgan fingerprint density at radius 2 is 1.85 bits per heavy atom. The normalized spacial score (nSPS) is 15.4. The van der Waals surface area contributed by atoms with Gasteiger partial charge in [0.05, 0.1) is 17.6 Å². The molecule has 33 heavy (non-hydrogen) atoms. The second-order valence-electron chi connectivity index (χ2n) is 7.66. The van der Waals surface area contributed by atoms with E-state index >= 15 is 0 Å². The van der Waals surface area contributed by atoms with Gasteiger partial charge in [0.15, 0.2) is 6.10 Å². The molecular weight excluding hydrogens is 428 g/mol. The maximum Gasteiger partial charge on any atom is 0.340 e. The molecule has 4 rings (SSSR count). The first kappa shape index (κ1) is 22.5. The molecule has 8 heteroatoms. The van der Waals surface area contributed by atoms with Gasteiger partial charge in [-0.25, -0.2) is 9.59 Å². The van der Waals surface area contributed by atoms with Crippen molar-refractivity contribution in [1.29, 1.82) is 0 Å². The van der Waals surface area contributed by atoms with E-state index in [-0.39, 0.29) is 33.7 Å². The molecule has 0 aliphatic carbocycles. The number of hydrogen-bond donors (Lipinski definition) is 0. The monoisotopic (exact) mass is 452 g/mol. The minimum Gasteiger partial charge on any atom is -0.462 e. The van der Waals surface area contributed by atoms with Crippen molar-refractivity contribution in [3.63, 3.8) is 0 Å². The molecule has 1 atom stereocenters. The number of benzene rings is 2. The fourth-order valence-corrected chi connectivity index (χ4v) is 3.45. The van der Waals surface area contributed by atoms with E-state index in [0.29, 0.717) is 30.9 Å². The van der Waals surface area contributed by atoms with Gasteiger partial charge in [-0.05, 0) is 62.6 Å². The van der Waals surface area contributed by atoms with Crippen LogP contribution in [0.2, 0.25) is 0 Å². The Morgan fingerprint density at radius 3 is 2.55 bits per heavy atom. The molecule has 2 aromatic carbocycles. The molecule has 1 aromatic heterocycles. The zero-order chi connectivity index (χ0) is 23.4. The number of hydrogen-bond acceptors (Lipinski definition) is 8. The summed E-state index contributed by atoms with van der Waals surface area (Å²) >= 11 is 0. The maximum atomic E-state index is 13.0. The van der Waals surface area contributed by atoms with Gasteiger partial charge in [-0.15, -0.1) is 0 Å². The fraction of sp³-hybridized carbons (Fsp3) is 0.320. The fourth-order valence-electron chi connectivity index (χ4n) is 3.45. The molecule has 8 nitrogen and oxygen atoms in total. The number of carbonyl (C=O) groups excluding carboxylic acids is 2. The van der Waals surface area contributed by atoms with Crippen molar-refractivity contribution >= 4 is 22.9 Å². The van der Waals surface area contributed by atoms with Crippen LogP contribution >= 0.6 is 0 Å². The molecule has 0 spiro atoms. The summed E-state index contributed by atoms with van der Waals surface area (Å²) in [5.74, 6) is 0.0619. The van der Waals surface area contributed by atoms with E-state index < -0.39 is 18.0 Å². The van der Waals surface area contributed by atoms with Gasteiger partial charge in [-0.1, -0.05) is 6.92 Å². The Labute approximate surface area is 190 Å². The SMILES string of the molecule is CCCOC(=O)c1ccc(Oc2c(C)oc3cc(OC(=O)C4CCCO4)ccc3c2=O)cc1. The highest BCUT2D eigenvalue weighted by Gasteiger charge is 2.26. The second kappa shape index (κ2) is 9.87. The number of esters is 2. The molecule has 0 bridgehead atoms. The Hall–Kier alpha value is -3.65. The first-order chi connectivity index (χ1) is 16.0. The van der Waals surface area contributed by atoms with E-state index in [2.05, 4.69) is 0 Å². The molecule has 1 aliphatic heterocycles. The molecule has 1 unspecified atom stereocenters. The van der Waals surface area contributed by atoms with Gasteiger partial charge in [0.2, 0.25) is 11.2 Å². The summed E-state index contributed by atoms with van der Waals surface area (Å²) in [4.78, 5) is 37.1. The number of rotatable bonds is 7. The molecule has 1 aliphatic rings. The van der Waals surface area contributed by atoms with E-state index in [9.17, 15) is 14.4 Å². The number of ether oxygens (including phenoxy) is 4. The van der Waals surface area contributed by atoms with Crippen LogP contribution in [0.3, 0.4) is 0 Å². The molecule has 172 valence electrons. The van der Waals surface area contributed by atoms with Crippen LogP contribution in [0.5, 0.6) is 17.2 Å². The van der Waals surface area contributed by atoms with E-state index in [4.69, 9.17) is 23.4 Å². The van der Waals surface area contributed by atoms with Crippen LogP contribution in [0.4, 0.5) is 0 Å². The van der Waals surface area contributed by atoms with Crippen LogP contribution in [0.15, 0.2) is 51.7 Å². The smallest absolute Gasteiger partial charge is 0.340 e. The predicted octanol–water partition coefficient (Wildman–Crippen LogP) is 4.54. The Balaban J connectivity index is 1.53. The Kier molecular flexibility index (Phi) is 6.74.